The van der Waals surface area contributed by atoms with Crippen LogP contribution in [-0.4, -0.2) is 26.7 Å². The zero-order valence-electron chi connectivity index (χ0n) is 16.0. The molecule has 0 saturated carbocycles. The molecule has 0 radical (unpaired) electrons. The van der Waals surface area contributed by atoms with Crippen LogP contribution >= 0.6 is 11.8 Å². The average Bonchev–Trinajstić information content (AvgIpc) is 2.78. The highest BCUT2D eigenvalue weighted by molar-refractivity contribution is 7.99. The first-order valence-corrected chi connectivity index (χ1v) is 11.7. The number of ether oxygens (including phenoxy) is 1. The van der Waals surface area contributed by atoms with Gasteiger partial charge in [-0.25, -0.2) is 13.2 Å². The van der Waals surface area contributed by atoms with E-state index in [4.69, 9.17) is 4.74 Å². The normalized spacial score (nSPS) is 10.9. The third kappa shape index (κ3) is 5.50. The molecular formula is C23H19NO4S2. The topological polar surface area (TPSA) is 84.2 Å². The van der Waals surface area contributed by atoms with E-state index in [1.54, 1.807) is 66.7 Å². The van der Waals surface area contributed by atoms with E-state index in [1.807, 2.05) is 12.1 Å². The Balaban J connectivity index is 1.62. The Morgan fingerprint density at radius 2 is 1.53 bits per heavy atom. The van der Waals surface area contributed by atoms with Gasteiger partial charge in [0.1, 0.15) is 6.07 Å². The van der Waals surface area contributed by atoms with Crippen LogP contribution in [0.2, 0.25) is 0 Å². The number of nitrogens with zero attached hydrogens (tertiary/aromatic N) is 1. The molecule has 0 amide bonds. The van der Waals surface area contributed by atoms with Crippen molar-refractivity contribution < 1.29 is 17.9 Å². The average molecular weight is 438 g/mol. The number of nitriles is 1. The van der Waals surface area contributed by atoms with Gasteiger partial charge in [-0.15, -0.1) is 0 Å². The van der Waals surface area contributed by atoms with Gasteiger partial charge >= 0.3 is 5.97 Å². The van der Waals surface area contributed by atoms with Crippen molar-refractivity contribution in [2.24, 2.45) is 0 Å². The summed E-state index contributed by atoms with van der Waals surface area (Å²) in [6, 6.07) is 24.5. The van der Waals surface area contributed by atoms with E-state index in [1.165, 1.54) is 11.8 Å². The zero-order chi connectivity index (χ0) is 21.4. The number of esters is 1. The molecule has 0 fully saturated rings. The summed E-state index contributed by atoms with van der Waals surface area (Å²) in [4.78, 5) is 14.2. The Morgan fingerprint density at radius 3 is 2.27 bits per heavy atom. The highest BCUT2D eigenvalue weighted by Crippen LogP contribution is 2.32. The minimum atomic E-state index is -3.41. The second-order valence-corrected chi connectivity index (χ2v) is 9.52. The van der Waals surface area contributed by atoms with Crippen molar-refractivity contribution in [1.82, 2.24) is 0 Å². The Kier molecular flexibility index (Phi) is 7.28. The second kappa shape index (κ2) is 10.1. The molecule has 7 heteroatoms. The van der Waals surface area contributed by atoms with E-state index >= 15 is 0 Å². The Bertz CT molecular complexity index is 1170. The summed E-state index contributed by atoms with van der Waals surface area (Å²) in [6.45, 7) is -0.00131. The number of sulfone groups is 1. The summed E-state index contributed by atoms with van der Waals surface area (Å²) in [5.74, 6) is -0.624. The molecule has 5 nitrogen and oxygen atoms in total. The van der Waals surface area contributed by atoms with Crippen molar-refractivity contribution >= 4 is 27.6 Å². The molecule has 0 aliphatic heterocycles. The van der Waals surface area contributed by atoms with Crippen LogP contribution in [0.25, 0.3) is 0 Å². The predicted molar refractivity (Wildman–Crippen MR) is 115 cm³/mol. The quantitative estimate of drug-likeness (QED) is 0.374. The van der Waals surface area contributed by atoms with Gasteiger partial charge in [-0.1, -0.05) is 54.2 Å². The lowest BCUT2D eigenvalue weighted by Gasteiger charge is -2.10. The predicted octanol–water partition coefficient (Wildman–Crippen LogP) is 4.73. The molecule has 3 aromatic carbocycles. The maximum Gasteiger partial charge on any atom is 0.339 e. The fourth-order valence-electron chi connectivity index (χ4n) is 2.73. The van der Waals surface area contributed by atoms with E-state index in [2.05, 4.69) is 6.07 Å². The Morgan fingerprint density at radius 1 is 0.900 bits per heavy atom. The highest BCUT2D eigenvalue weighted by Gasteiger charge is 2.17. The molecule has 3 rings (SSSR count). The molecular weight excluding hydrogens is 418 g/mol. The molecule has 0 aliphatic rings. The second-order valence-electron chi connectivity index (χ2n) is 6.33. The van der Waals surface area contributed by atoms with Crippen molar-refractivity contribution in [1.29, 1.82) is 5.26 Å². The van der Waals surface area contributed by atoms with Crippen LogP contribution in [0.1, 0.15) is 22.3 Å². The molecule has 0 heterocycles. The van der Waals surface area contributed by atoms with Crippen LogP contribution in [0.5, 0.6) is 0 Å². The minimum absolute atomic E-state index is 0.00131. The molecule has 0 N–H and O–H groups in total. The molecule has 0 saturated heterocycles. The van der Waals surface area contributed by atoms with Crippen molar-refractivity contribution in [2.45, 2.75) is 21.1 Å². The molecule has 30 heavy (non-hydrogen) atoms. The molecule has 0 atom stereocenters. The van der Waals surface area contributed by atoms with Crippen LogP contribution in [0, 0.1) is 11.3 Å². The summed E-state index contributed by atoms with van der Waals surface area (Å²) in [6.07, 6.45) is 0.204. The summed E-state index contributed by atoms with van der Waals surface area (Å²) in [5.41, 5.74) is 0.901. The molecule has 3 aromatic rings. The lowest BCUT2D eigenvalue weighted by atomic mass is 10.2. The van der Waals surface area contributed by atoms with Crippen LogP contribution in [0.4, 0.5) is 0 Å². The minimum Gasteiger partial charge on any atom is -0.462 e. The van der Waals surface area contributed by atoms with Crippen molar-refractivity contribution in [2.75, 3.05) is 12.4 Å². The van der Waals surface area contributed by atoms with Crippen LogP contribution in [0.15, 0.2) is 93.5 Å². The zero-order valence-corrected chi connectivity index (χ0v) is 17.7. The standard InChI is InChI=1S/C23H19NO4S2/c24-17-18-9-4-6-13-21(18)29-22-14-7-5-12-20(22)23(25)28-15-8-16-30(26,27)19-10-2-1-3-11-19/h1-7,9-14H,8,15-16H2. The molecule has 0 spiro atoms. The molecule has 0 unspecified atom stereocenters. The molecule has 0 aromatic heterocycles. The summed E-state index contributed by atoms with van der Waals surface area (Å²) < 4.78 is 29.9. The third-order valence-corrected chi connectivity index (χ3v) is 7.20. The Labute approximate surface area is 180 Å². The maximum absolute atomic E-state index is 12.6. The third-order valence-electron chi connectivity index (χ3n) is 4.23. The van der Waals surface area contributed by atoms with E-state index in [-0.39, 0.29) is 23.7 Å². The summed E-state index contributed by atoms with van der Waals surface area (Å²) in [5, 5.41) is 9.26. The Hall–Kier alpha value is -3.08. The number of hydrogen-bond donors (Lipinski definition) is 0. The fourth-order valence-corrected chi connectivity index (χ4v) is 5.05. The van der Waals surface area contributed by atoms with Gasteiger partial charge in [0.2, 0.25) is 0 Å². The number of hydrogen-bond acceptors (Lipinski definition) is 6. The fraction of sp³-hybridized carbons (Fsp3) is 0.130. The first-order valence-electron chi connectivity index (χ1n) is 9.22. The van der Waals surface area contributed by atoms with Gasteiger partial charge in [-0.3, -0.25) is 0 Å². The molecule has 0 bridgehead atoms. The van der Waals surface area contributed by atoms with Gasteiger partial charge in [-0.05, 0) is 42.8 Å². The first kappa shape index (κ1) is 21.6. The van der Waals surface area contributed by atoms with Gasteiger partial charge in [0, 0.05) is 9.79 Å². The van der Waals surface area contributed by atoms with Crippen LogP contribution < -0.4 is 0 Å². The number of benzene rings is 3. The summed E-state index contributed by atoms with van der Waals surface area (Å²) >= 11 is 1.32. The monoisotopic (exact) mass is 437 g/mol. The van der Waals surface area contributed by atoms with E-state index in [0.29, 0.717) is 16.0 Å². The van der Waals surface area contributed by atoms with Gasteiger partial charge in [-0.2, -0.15) is 5.26 Å². The van der Waals surface area contributed by atoms with Crippen molar-refractivity contribution in [3.05, 3.63) is 90.0 Å². The lowest BCUT2D eigenvalue weighted by molar-refractivity contribution is 0.0501. The smallest absolute Gasteiger partial charge is 0.339 e. The maximum atomic E-state index is 12.6. The lowest BCUT2D eigenvalue weighted by Crippen LogP contribution is -2.12. The molecule has 0 aliphatic carbocycles. The van der Waals surface area contributed by atoms with Gasteiger partial charge in [0.15, 0.2) is 9.84 Å². The van der Waals surface area contributed by atoms with E-state index in [0.717, 1.165) is 4.90 Å². The number of carbonyl (C=O) groups is 1. The van der Waals surface area contributed by atoms with E-state index in [9.17, 15) is 18.5 Å². The van der Waals surface area contributed by atoms with E-state index < -0.39 is 15.8 Å². The first-order chi connectivity index (χ1) is 14.5. The van der Waals surface area contributed by atoms with Crippen LogP contribution in [-0.2, 0) is 14.6 Å². The van der Waals surface area contributed by atoms with Crippen LogP contribution in [0.3, 0.4) is 0 Å². The number of rotatable bonds is 8. The van der Waals surface area contributed by atoms with Gasteiger partial charge in [0.25, 0.3) is 0 Å². The van der Waals surface area contributed by atoms with Gasteiger partial charge in [0.05, 0.1) is 28.4 Å². The number of carbonyl (C=O) groups excluding carboxylic acids is 1. The highest BCUT2D eigenvalue weighted by atomic mass is 32.2. The summed E-state index contributed by atoms with van der Waals surface area (Å²) in [7, 11) is -3.41. The largest absolute Gasteiger partial charge is 0.462 e. The SMILES string of the molecule is N#Cc1ccccc1Sc1ccccc1C(=O)OCCCS(=O)(=O)c1ccccc1. The molecule has 152 valence electrons. The van der Waals surface area contributed by atoms with Crippen molar-refractivity contribution in [3.8, 4) is 6.07 Å². The van der Waals surface area contributed by atoms with Gasteiger partial charge < -0.3 is 4.74 Å². The van der Waals surface area contributed by atoms with Crippen molar-refractivity contribution in [3.63, 3.8) is 0 Å².